The lowest BCUT2D eigenvalue weighted by atomic mass is 10.1. The van der Waals surface area contributed by atoms with Crippen molar-refractivity contribution in [2.75, 3.05) is 12.4 Å². The van der Waals surface area contributed by atoms with E-state index in [0.717, 1.165) is 5.56 Å². The maximum absolute atomic E-state index is 12.1. The van der Waals surface area contributed by atoms with Crippen LogP contribution < -0.4 is 5.32 Å². The van der Waals surface area contributed by atoms with E-state index >= 15 is 0 Å². The van der Waals surface area contributed by atoms with E-state index in [1.165, 1.54) is 13.2 Å². The predicted molar refractivity (Wildman–Crippen MR) is 81.9 cm³/mol. The second-order valence-electron chi connectivity index (χ2n) is 4.26. The SMILES string of the molecule is COC(=O)/C=C/c1ccccc1NC(=O)c1ccccc1. The molecule has 2 aromatic rings. The molecule has 0 saturated heterocycles. The predicted octanol–water partition coefficient (Wildman–Crippen LogP) is 3.13. The third-order valence-electron chi connectivity index (χ3n) is 2.85. The molecule has 1 amide bonds. The van der Waals surface area contributed by atoms with Gasteiger partial charge < -0.3 is 10.1 Å². The van der Waals surface area contributed by atoms with Crippen LogP contribution in [0.2, 0.25) is 0 Å². The van der Waals surface area contributed by atoms with Crippen LogP contribution in [0, 0.1) is 0 Å². The number of esters is 1. The second kappa shape index (κ2) is 7.05. The summed E-state index contributed by atoms with van der Waals surface area (Å²) in [5.74, 6) is -0.645. The molecule has 4 heteroatoms. The third kappa shape index (κ3) is 4.04. The highest BCUT2D eigenvalue weighted by Gasteiger charge is 2.07. The summed E-state index contributed by atoms with van der Waals surface area (Å²) in [5.41, 5.74) is 1.93. The van der Waals surface area contributed by atoms with Crippen LogP contribution >= 0.6 is 0 Å². The quantitative estimate of drug-likeness (QED) is 0.692. The Balaban J connectivity index is 2.19. The lowest BCUT2D eigenvalue weighted by molar-refractivity contribution is -0.134. The van der Waals surface area contributed by atoms with Gasteiger partial charge in [-0.25, -0.2) is 4.79 Å². The average Bonchev–Trinajstić information content (AvgIpc) is 2.54. The molecule has 0 saturated carbocycles. The summed E-state index contributed by atoms with van der Waals surface area (Å²) in [4.78, 5) is 23.3. The van der Waals surface area contributed by atoms with Gasteiger partial charge in [-0.2, -0.15) is 0 Å². The number of ether oxygens (including phenoxy) is 1. The number of amides is 1. The van der Waals surface area contributed by atoms with Gasteiger partial charge in [-0.15, -0.1) is 0 Å². The lowest BCUT2D eigenvalue weighted by Gasteiger charge is -2.08. The minimum Gasteiger partial charge on any atom is -0.466 e. The summed E-state index contributed by atoms with van der Waals surface area (Å²) in [6.07, 6.45) is 2.92. The largest absolute Gasteiger partial charge is 0.466 e. The van der Waals surface area contributed by atoms with Crippen LogP contribution in [-0.4, -0.2) is 19.0 Å². The molecule has 0 radical (unpaired) electrons. The number of carbonyl (C=O) groups is 2. The highest BCUT2D eigenvalue weighted by molar-refractivity contribution is 6.05. The molecule has 0 aliphatic rings. The van der Waals surface area contributed by atoms with E-state index in [2.05, 4.69) is 10.1 Å². The molecule has 0 atom stereocenters. The van der Waals surface area contributed by atoms with Crippen LogP contribution in [0.15, 0.2) is 60.7 Å². The van der Waals surface area contributed by atoms with E-state index in [9.17, 15) is 9.59 Å². The number of benzene rings is 2. The van der Waals surface area contributed by atoms with Crippen LogP contribution in [0.4, 0.5) is 5.69 Å². The van der Waals surface area contributed by atoms with Crippen molar-refractivity contribution in [3.05, 3.63) is 71.8 Å². The first-order valence-electron chi connectivity index (χ1n) is 6.42. The van der Waals surface area contributed by atoms with Crippen molar-refractivity contribution in [1.82, 2.24) is 0 Å². The Bertz CT molecular complexity index is 663. The fourth-order valence-electron chi connectivity index (χ4n) is 1.77. The Labute approximate surface area is 123 Å². The van der Waals surface area contributed by atoms with Crippen molar-refractivity contribution in [2.24, 2.45) is 0 Å². The summed E-state index contributed by atoms with van der Waals surface area (Å²) >= 11 is 0. The smallest absolute Gasteiger partial charge is 0.330 e. The summed E-state index contributed by atoms with van der Waals surface area (Å²) < 4.78 is 4.55. The van der Waals surface area contributed by atoms with Crippen molar-refractivity contribution in [3.63, 3.8) is 0 Å². The first-order valence-corrected chi connectivity index (χ1v) is 6.42. The van der Waals surface area contributed by atoms with Crippen molar-refractivity contribution in [2.45, 2.75) is 0 Å². The van der Waals surface area contributed by atoms with E-state index in [0.29, 0.717) is 11.3 Å². The first kappa shape index (κ1) is 14.5. The molecule has 0 aliphatic carbocycles. The molecule has 1 N–H and O–H groups in total. The molecule has 21 heavy (non-hydrogen) atoms. The average molecular weight is 281 g/mol. The standard InChI is InChI=1S/C17H15NO3/c1-21-16(19)12-11-13-7-5-6-10-15(13)18-17(20)14-8-3-2-4-9-14/h2-12H,1H3,(H,18,20)/b12-11+. The van der Waals surface area contributed by atoms with Crippen molar-refractivity contribution in [3.8, 4) is 0 Å². The van der Waals surface area contributed by atoms with E-state index < -0.39 is 5.97 Å². The summed E-state index contributed by atoms with van der Waals surface area (Å²) in [6.45, 7) is 0. The minimum absolute atomic E-state index is 0.200. The molecule has 4 nitrogen and oxygen atoms in total. The van der Waals surface area contributed by atoms with Crippen LogP contribution in [0.25, 0.3) is 6.08 Å². The fraction of sp³-hybridized carbons (Fsp3) is 0.0588. The highest BCUT2D eigenvalue weighted by Crippen LogP contribution is 2.17. The number of rotatable bonds is 4. The molecule has 2 rings (SSSR count). The topological polar surface area (TPSA) is 55.4 Å². The number of hydrogen-bond acceptors (Lipinski definition) is 3. The van der Waals surface area contributed by atoms with Crippen molar-refractivity contribution >= 4 is 23.6 Å². The zero-order chi connectivity index (χ0) is 15.1. The second-order valence-corrected chi connectivity index (χ2v) is 4.26. The van der Waals surface area contributed by atoms with E-state index in [1.54, 1.807) is 42.5 Å². The molecule has 0 unspecified atom stereocenters. The molecule has 106 valence electrons. The van der Waals surface area contributed by atoms with E-state index in [-0.39, 0.29) is 5.91 Å². The van der Waals surface area contributed by atoms with Gasteiger partial charge in [0.25, 0.3) is 5.91 Å². The monoisotopic (exact) mass is 281 g/mol. The molecule has 0 aromatic heterocycles. The number of para-hydroxylation sites is 1. The Morgan fingerprint density at radius 3 is 2.38 bits per heavy atom. The fourth-order valence-corrected chi connectivity index (χ4v) is 1.77. The van der Waals surface area contributed by atoms with Gasteiger partial charge in [0, 0.05) is 17.3 Å². The van der Waals surface area contributed by atoms with Crippen molar-refractivity contribution in [1.29, 1.82) is 0 Å². The molecule has 2 aromatic carbocycles. The number of anilines is 1. The van der Waals surface area contributed by atoms with Gasteiger partial charge in [0.15, 0.2) is 0 Å². The summed E-state index contributed by atoms with van der Waals surface area (Å²) in [5, 5.41) is 2.83. The zero-order valence-corrected chi connectivity index (χ0v) is 11.6. The van der Waals surface area contributed by atoms with E-state index in [1.807, 2.05) is 18.2 Å². The maximum atomic E-state index is 12.1. The van der Waals surface area contributed by atoms with Gasteiger partial charge in [0.2, 0.25) is 0 Å². The Kier molecular flexibility index (Phi) is 4.88. The summed E-state index contributed by atoms with van der Waals surface area (Å²) in [7, 11) is 1.32. The van der Waals surface area contributed by atoms with Crippen LogP contribution in [0.5, 0.6) is 0 Å². The molecule has 0 bridgehead atoms. The van der Waals surface area contributed by atoms with Gasteiger partial charge in [-0.05, 0) is 29.8 Å². The van der Waals surface area contributed by atoms with Crippen LogP contribution in [0.1, 0.15) is 15.9 Å². The zero-order valence-electron chi connectivity index (χ0n) is 11.6. The van der Waals surface area contributed by atoms with Crippen LogP contribution in [-0.2, 0) is 9.53 Å². The van der Waals surface area contributed by atoms with Gasteiger partial charge >= 0.3 is 5.97 Å². The number of carbonyl (C=O) groups excluding carboxylic acids is 2. The summed E-state index contributed by atoms with van der Waals surface area (Å²) in [6, 6.07) is 16.2. The Morgan fingerprint density at radius 2 is 1.67 bits per heavy atom. The van der Waals surface area contributed by atoms with Gasteiger partial charge in [-0.1, -0.05) is 36.4 Å². The molecule has 0 fully saturated rings. The Morgan fingerprint density at radius 1 is 1.00 bits per heavy atom. The molecule has 0 spiro atoms. The van der Waals surface area contributed by atoms with Gasteiger partial charge in [0.05, 0.1) is 7.11 Å². The van der Waals surface area contributed by atoms with Crippen LogP contribution in [0.3, 0.4) is 0 Å². The van der Waals surface area contributed by atoms with Gasteiger partial charge in [0.1, 0.15) is 0 Å². The maximum Gasteiger partial charge on any atom is 0.330 e. The molecular weight excluding hydrogens is 266 g/mol. The molecule has 0 heterocycles. The molecule has 0 aliphatic heterocycles. The first-order chi connectivity index (χ1) is 10.2. The number of hydrogen-bond donors (Lipinski definition) is 1. The van der Waals surface area contributed by atoms with Crippen molar-refractivity contribution < 1.29 is 14.3 Å². The lowest BCUT2D eigenvalue weighted by Crippen LogP contribution is -2.12. The van der Waals surface area contributed by atoms with Gasteiger partial charge in [-0.3, -0.25) is 4.79 Å². The normalized spacial score (nSPS) is 10.3. The third-order valence-corrected chi connectivity index (χ3v) is 2.85. The molecular formula is C17H15NO3. The van der Waals surface area contributed by atoms with E-state index in [4.69, 9.17) is 0 Å². The Hall–Kier alpha value is -2.88. The number of nitrogens with one attached hydrogen (secondary N) is 1. The minimum atomic E-state index is -0.445. The highest BCUT2D eigenvalue weighted by atomic mass is 16.5. The number of methoxy groups -OCH3 is 1.